The van der Waals surface area contributed by atoms with Gasteiger partial charge in [-0.05, 0) is 67.8 Å². The highest BCUT2D eigenvalue weighted by atomic mass is 19.4. The number of benzene rings is 3. The number of carbonyl (C=O) groups is 2. The number of alkyl halides is 3. The minimum absolute atomic E-state index is 0.0206. The first-order valence-corrected chi connectivity index (χ1v) is 11.0. The van der Waals surface area contributed by atoms with Crippen LogP contribution in [0.2, 0.25) is 0 Å². The van der Waals surface area contributed by atoms with Gasteiger partial charge in [-0.2, -0.15) is 18.2 Å². The number of aryl methyl sites for hydroxylation is 1. The van der Waals surface area contributed by atoms with Crippen LogP contribution >= 0.6 is 0 Å². The Morgan fingerprint density at radius 2 is 1.81 bits per heavy atom. The number of rotatable bonds is 6. The van der Waals surface area contributed by atoms with Crippen LogP contribution in [0.25, 0.3) is 11.1 Å². The number of anilines is 2. The van der Waals surface area contributed by atoms with E-state index in [1.165, 1.54) is 12.1 Å². The van der Waals surface area contributed by atoms with Crippen LogP contribution in [0, 0.1) is 12.8 Å². The van der Waals surface area contributed by atoms with Crippen LogP contribution in [0.4, 0.5) is 24.9 Å². The predicted molar refractivity (Wildman–Crippen MR) is 128 cm³/mol. The summed E-state index contributed by atoms with van der Waals surface area (Å²) in [6.07, 6.45) is -2.16. The number of nitrogens with one attached hydrogen (secondary N) is 2. The predicted octanol–water partition coefficient (Wildman–Crippen LogP) is 6.55. The fraction of sp³-hybridized carbons (Fsp3) is 0.192. The first-order valence-electron chi connectivity index (χ1n) is 11.0. The summed E-state index contributed by atoms with van der Waals surface area (Å²) in [5, 5.41) is 4.85. The average Bonchev–Trinajstić information content (AvgIpc) is 3.60. The summed E-state index contributed by atoms with van der Waals surface area (Å²) in [7, 11) is 0. The average molecular weight is 497 g/mol. The highest BCUT2D eigenvalue weighted by Gasteiger charge is 2.31. The van der Waals surface area contributed by atoms with Gasteiger partial charge in [-0.3, -0.25) is 14.9 Å². The second kappa shape index (κ2) is 10.5. The maximum Gasteiger partial charge on any atom is 0.416 e. The van der Waals surface area contributed by atoms with E-state index < -0.39 is 11.7 Å². The number of nitrogens with zero attached hydrogens (tertiary/aromatic N) is 1. The topological polar surface area (TPSA) is 93.5 Å². The second-order valence-corrected chi connectivity index (χ2v) is 8.17. The zero-order valence-electron chi connectivity index (χ0n) is 19.1. The quantitative estimate of drug-likeness (QED) is 0.295. The molecule has 186 valence electrons. The van der Waals surface area contributed by atoms with Crippen LogP contribution in [-0.2, 0) is 15.8 Å². The molecule has 0 atom stereocenters. The smallest absolute Gasteiger partial charge is 0.416 e. The number of oxazole rings is 1. The van der Waals surface area contributed by atoms with E-state index >= 15 is 0 Å². The highest BCUT2D eigenvalue weighted by molar-refractivity contribution is 5.93. The van der Waals surface area contributed by atoms with Crippen molar-refractivity contribution in [1.82, 2.24) is 4.98 Å². The molecule has 0 saturated heterocycles. The van der Waals surface area contributed by atoms with Gasteiger partial charge in [0, 0.05) is 17.7 Å². The lowest BCUT2D eigenvalue weighted by Gasteiger charge is -2.07. The minimum Gasteiger partial charge on any atom is -0.457 e. The van der Waals surface area contributed by atoms with E-state index in [0.717, 1.165) is 36.3 Å². The van der Waals surface area contributed by atoms with E-state index in [1.54, 1.807) is 6.07 Å². The molecule has 36 heavy (non-hydrogen) atoms. The number of halogens is 3. The molecule has 0 bridgehead atoms. The van der Waals surface area contributed by atoms with Gasteiger partial charge < -0.3 is 14.5 Å². The van der Waals surface area contributed by atoms with E-state index in [4.69, 9.17) is 9.15 Å². The fourth-order valence-electron chi connectivity index (χ4n) is 3.24. The molecule has 1 fully saturated rings. The molecule has 0 aliphatic heterocycles. The number of ether oxygens (including phenoxy) is 1. The first kappa shape index (κ1) is 24.8. The Balaban J connectivity index is 0.000000200. The molecule has 0 radical (unpaired) electrons. The summed E-state index contributed by atoms with van der Waals surface area (Å²) >= 11 is 0. The second-order valence-electron chi connectivity index (χ2n) is 8.17. The van der Waals surface area contributed by atoms with E-state index in [2.05, 4.69) is 15.6 Å². The molecule has 1 aromatic heterocycles. The van der Waals surface area contributed by atoms with Gasteiger partial charge in [0.25, 0.3) is 0 Å². The molecule has 0 unspecified atom stereocenters. The van der Waals surface area contributed by atoms with Gasteiger partial charge in [-0.1, -0.05) is 18.2 Å². The van der Waals surface area contributed by atoms with Crippen molar-refractivity contribution in [2.45, 2.75) is 25.9 Å². The third-order valence-electron chi connectivity index (χ3n) is 5.18. The van der Waals surface area contributed by atoms with Gasteiger partial charge in [0.1, 0.15) is 17.0 Å². The number of carbonyl (C=O) groups excluding carboxylic acids is 2. The molecule has 1 saturated carbocycles. The molecule has 4 aromatic rings. The molecule has 10 heteroatoms. The molecule has 2 amide bonds. The van der Waals surface area contributed by atoms with Crippen molar-refractivity contribution in [2.75, 3.05) is 10.6 Å². The van der Waals surface area contributed by atoms with Crippen molar-refractivity contribution in [3.8, 4) is 11.5 Å². The molecular formula is C26H22F3N3O4. The van der Waals surface area contributed by atoms with Crippen LogP contribution in [0.15, 0.2) is 71.1 Å². The molecule has 3 aromatic carbocycles. The number of aromatic nitrogens is 1. The minimum atomic E-state index is -4.37. The van der Waals surface area contributed by atoms with Gasteiger partial charge in [-0.25, -0.2) is 0 Å². The van der Waals surface area contributed by atoms with Crippen molar-refractivity contribution in [3.63, 3.8) is 0 Å². The third kappa shape index (κ3) is 6.62. The summed E-state index contributed by atoms with van der Waals surface area (Å²) < 4.78 is 47.7. The number of fused-ring (bicyclic) bond motifs is 1. The Kier molecular flexibility index (Phi) is 7.23. The van der Waals surface area contributed by atoms with Crippen LogP contribution in [0.3, 0.4) is 0 Å². The van der Waals surface area contributed by atoms with Crippen LogP contribution in [0.5, 0.6) is 11.5 Å². The maximum absolute atomic E-state index is 12.1. The third-order valence-corrected chi connectivity index (χ3v) is 5.18. The Labute approximate surface area is 204 Å². The standard InChI is InChI=1S/C18H16N2O3.C8H6F3NO/c1-11-3-2-4-13(9-11)22-14-7-8-15-16(10-14)23-18(19-15)20-17(21)12-5-6-12;9-8(10,11)6-2-1-3-7(4-6)12-5-13/h2-4,7-10,12H,5-6H2,1H3,(H,19,20,21);1-5H,(H,12,13). The van der Waals surface area contributed by atoms with Crippen molar-refractivity contribution in [3.05, 3.63) is 77.9 Å². The van der Waals surface area contributed by atoms with Gasteiger partial charge in [0.2, 0.25) is 12.3 Å². The monoisotopic (exact) mass is 497 g/mol. The Morgan fingerprint density at radius 3 is 2.50 bits per heavy atom. The largest absolute Gasteiger partial charge is 0.457 e. The molecule has 1 aliphatic carbocycles. The zero-order chi connectivity index (χ0) is 25.7. The SMILES string of the molecule is Cc1cccc(Oc2ccc3nc(NC(=O)C4CC4)oc3c2)c1.O=CNc1cccc(C(F)(F)F)c1. The van der Waals surface area contributed by atoms with E-state index in [9.17, 15) is 22.8 Å². The summed E-state index contributed by atoms with van der Waals surface area (Å²) in [6.45, 7) is 2.02. The van der Waals surface area contributed by atoms with Crippen molar-refractivity contribution >= 4 is 35.1 Å². The van der Waals surface area contributed by atoms with Gasteiger partial charge in [0.15, 0.2) is 5.58 Å². The Hall–Kier alpha value is -4.34. The van der Waals surface area contributed by atoms with Crippen LogP contribution in [-0.4, -0.2) is 17.3 Å². The number of amides is 2. The van der Waals surface area contributed by atoms with Gasteiger partial charge >= 0.3 is 12.2 Å². The molecule has 1 heterocycles. The van der Waals surface area contributed by atoms with Crippen molar-refractivity contribution in [1.29, 1.82) is 0 Å². The molecule has 5 rings (SSSR count). The highest BCUT2D eigenvalue weighted by Crippen LogP contribution is 2.32. The number of hydrogen-bond acceptors (Lipinski definition) is 5. The van der Waals surface area contributed by atoms with Crippen LogP contribution in [0.1, 0.15) is 24.0 Å². The zero-order valence-corrected chi connectivity index (χ0v) is 19.1. The summed E-state index contributed by atoms with van der Waals surface area (Å²) in [6, 6.07) is 17.9. The normalized spacial score (nSPS) is 12.9. The van der Waals surface area contributed by atoms with Crippen molar-refractivity contribution < 1.29 is 31.9 Å². The Morgan fingerprint density at radius 1 is 1.06 bits per heavy atom. The lowest BCUT2D eigenvalue weighted by atomic mass is 10.2. The van der Waals surface area contributed by atoms with E-state index in [-0.39, 0.29) is 23.5 Å². The van der Waals surface area contributed by atoms with E-state index in [1.807, 2.05) is 43.3 Å². The molecule has 7 nitrogen and oxygen atoms in total. The van der Waals surface area contributed by atoms with Gasteiger partial charge in [0.05, 0.1) is 5.56 Å². The first-order chi connectivity index (χ1) is 17.2. The van der Waals surface area contributed by atoms with Crippen molar-refractivity contribution in [2.24, 2.45) is 5.92 Å². The molecule has 2 N–H and O–H groups in total. The number of hydrogen-bond donors (Lipinski definition) is 2. The van der Waals surface area contributed by atoms with Crippen LogP contribution < -0.4 is 15.4 Å². The Bertz CT molecular complexity index is 1380. The maximum atomic E-state index is 12.1. The summed E-state index contributed by atoms with van der Waals surface area (Å²) in [4.78, 5) is 26.0. The molecular weight excluding hydrogens is 475 g/mol. The van der Waals surface area contributed by atoms with Gasteiger partial charge in [-0.15, -0.1) is 0 Å². The lowest BCUT2D eigenvalue weighted by Crippen LogP contribution is -2.13. The molecule has 1 aliphatic rings. The lowest BCUT2D eigenvalue weighted by molar-refractivity contribution is -0.137. The molecule has 0 spiro atoms. The fourth-order valence-corrected chi connectivity index (χ4v) is 3.24. The summed E-state index contributed by atoms with van der Waals surface area (Å²) in [5.74, 6) is 1.53. The van der Waals surface area contributed by atoms with E-state index in [0.29, 0.717) is 23.3 Å². The summed E-state index contributed by atoms with van der Waals surface area (Å²) in [5.41, 5.74) is 1.76.